The summed E-state index contributed by atoms with van der Waals surface area (Å²) in [5.74, 6) is -3.72. The molecule has 0 bridgehead atoms. The molecular weight excluding hydrogens is 426 g/mol. The van der Waals surface area contributed by atoms with Gasteiger partial charge in [-0.3, -0.25) is 29.8 Å². The van der Waals surface area contributed by atoms with E-state index in [1.165, 1.54) is 32.0 Å². The van der Waals surface area contributed by atoms with Crippen LogP contribution in [-0.2, 0) is 27.3 Å². The molecule has 3 N–H and O–H groups in total. The zero-order valence-electron chi connectivity index (χ0n) is 17.4. The molecule has 0 saturated carbocycles. The number of benzene rings is 2. The summed E-state index contributed by atoms with van der Waals surface area (Å²) in [5.41, 5.74) is 0.601. The smallest absolute Gasteiger partial charge is 0.269 e. The highest BCUT2D eigenvalue weighted by molar-refractivity contribution is 6.00. The van der Waals surface area contributed by atoms with Crippen LogP contribution in [0, 0.1) is 21.7 Å². The summed E-state index contributed by atoms with van der Waals surface area (Å²) in [6.45, 7) is 3.01. The number of non-ortho nitro benzene ring substituents is 1. The molecule has 0 saturated heterocycles. The Labute approximate surface area is 182 Å². The minimum absolute atomic E-state index is 0.0814. The number of halogens is 2. The summed E-state index contributed by atoms with van der Waals surface area (Å²) in [7, 11) is 0. The van der Waals surface area contributed by atoms with Crippen LogP contribution in [0.2, 0.25) is 0 Å². The van der Waals surface area contributed by atoms with E-state index >= 15 is 0 Å². The Balaban J connectivity index is 1.82. The number of hydrogen-bond acceptors (Lipinski definition) is 6. The van der Waals surface area contributed by atoms with Gasteiger partial charge in [-0.25, -0.2) is 8.78 Å². The summed E-state index contributed by atoms with van der Waals surface area (Å²) in [6, 6.07) is 6.69. The molecule has 2 rings (SSSR count). The summed E-state index contributed by atoms with van der Waals surface area (Å²) >= 11 is 0. The Morgan fingerprint density at radius 3 is 2.22 bits per heavy atom. The Hall–Kier alpha value is -3.73. The zero-order valence-corrected chi connectivity index (χ0v) is 17.4. The first kappa shape index (κ1) is 24.5. The second kappa shape index (κ2) is 11.0. The number of hydrogen-bond donors (Lipinski definition) is 3. The van der Waals surface area contributed by atoms with Gasteiger partial charge in [-0.2, -0.15) is 0 Å². The fourth-order valence-electron chi connectivity index (χ4n) is 2.74. The van der Waals surface area contributed by atoms with Crippen LogP contribution in [0.3, 0.4) is 0 Å². The molecule has 3 amide bonds. The highest BCUT2D eigenvalue weighted by atomic mass is 19.1. The molecule has 0 aliphatic carbocycles. The second-order valence-corrected chi connectivity index (χ2v) is 7.13. The number of nitrogens with one attached hydrogen (secondary N) is 3. The molecule has 0 fully saturated rings. The zero-order chi connectivity index (χ0) is 23.8. The van der Waals surface area contributed by atoms with Gasteiger partial charge in [0.15, 0.2) is 0 Å². The second-order valence-electron chi connectivity index (χ2n) is 7.13. The van der Waals surface area contributed by atoms with Gasteiger partial charge in [-0.05, 0) is 37.1 Å². The lowest BCUT2D eigenvalue weighted by atomic mass is 10.1. The van der Waals surface area contributed by atoms with Gasteiger partial charge in [-0.15, -0.1) is 0 Å². The molecule has 0 aliphatic rings. The first-order valence-corrected chi connectivity index (χ1v) is 9.61. The van der Waals surface area contributed by atoms with Crippen LogP contribution in [0.5, 0.6) is 0 Å². The largest absolute Gasteiger partial charge is 0.344 e. The van der Waals surface area contributed by atoms with Crippen LogP contribution < -0.4 is 16.0 Å². The number of nitro groups is 1. The van der Waals surface area contributed by atoms with Crippen LogP contribution in [-0.4, -0.2) is 34.7 Å². The maximum Gasteiger partial charge on any atom is 0.269 e. The van der Waals surface area contributed by atoms with Crippen LogP contribution in [0.25, 0.3) is 0 Å². The average molecular weight is 448 g/mol. The third kappa shape index (κ3) is 7.51. The highest BCUT2D eigenvalue weighted by Crippen LogP contribution is 2.13. The maximum atomic E-state index is 13.2. The van der Waals surface area contributed by atoms with Gasteiger partial charge in [0.2, 0.25) is 17.7 Å². The van der Waals surface area contributed by atoms with E-state index in [1.54, 1.807) is 6.07 Å². The van der Waals surface area contributed by atoms with E-state index in [4.69, 9.17) is 0 Å². The Morgan fingerprint density at radius 2 is 1.59 bits per heavy atom. The highest BCUT2D eigenvalue weighted by Gasteiger charge is 2.21. The summed E-state index contributed by atoms with van der Waals surface area (Å²) < 4.78 is 26.4. The number of imide groups is 1. The Morgan fingerprint density at radius 1 is 0.969 bits per heavy atom. The summed E-state index contributed by atoms with van der Waals surface area (Å²) in [4.78, 5) is 46.7. The van der Waals surface area contributed by atoms with E-state index in [0.717, 1.165) is 12.1 Å². The molecular formula is C21H22F2N4O5. The summed E-state index contributed by atoms with van der Waals surface area (Å²) in [6.07, 6.45) is -0.346. The van der Waals surface area contributed by atoms with Crippen molar-refractivity contribution in [2.75, 3.05) is 0 Å². The number of rotatable bonds is 9. The third-order valence-corrected chi connectivity index (χ3v) is 4.43. The van der Waals surface area contributed by atoms with Gasteiger partial charge in [0.05, 0.1) is 17.4 Å². The third-order valence-electron chi connectivity index (χ3n) is 4.43. The SMILES string of the molecule is C[C@H](NCc1cccc([N+](=O)[O-])c1)C(=O)NC(=O)[C@H](C)NC(=O)Cc1cc(F)cc(F)c1. The topological polar surface area (TPSA) is 130 Å². The van der Waals surface area contributed by atoms with Gasteiger partial charge in [-0.1, -0.05) is 12.1 Å². The minimum atomic E-state index is -1.08. The molecule has 0 radical (unpaired) electrons. The van der Waals surface area contributed by atoms with Gasteiger partial charge in [0.25, 0.3) is 5.69 Å². The van der Waals surface area contributed by atoms with Crippen molar-refractivity contribution in [3.8, 4) is 0 Å². The van der Waals surface area contributed by atoms with E-state index < -0.39 is 46.4 Å². The van der Waals surface area contributed by atoms with Crippen LogP contribution in [0.15, 0.2) is 42.5 Å². The van der Waals surface area contributed by atoms with E-state index in [1.807, 2.05) is 0 Å². The van der Waals surface area contributed by atoms with E-state index in [0.29, 0.717) is 11.6 Å². The first-order chi connectivity index (χ1) is 15.0. The molecule has 0 unspecified atom stereocenters. The summed E-state index contributed by atoms with van der Waals surface area (Å²) in [5, 5.41) is 18.2. The number of amides is 3. The average Bonchev–Trinajstić information content (AvgIpc) is 2.71. The van der Waals surface area contributed by atoms with Crippen LogP contribution in [0.1, 0.15) is 25.0 Å². The standard InChI is InChI=1S/C21H22F2N4O5/c1-12(24-11-14-4-3-5-18(8-14)27(31)32)20(29)26-21(30)13(2)25-19(28)9-15-6-16(22)10-17(23)7-15/h3-8,10,12-13,24H,9,11H2,1-2H3,(H,25,28)(H,26,29,30)/t12-,13-/m0/s1. The molecule has 0 heterocycles. The predicted octanol–water partition coefficient (Wildman–Crippen LogP) is 1.74. The van der Waals surface area contributed by atoms with E-state index in [2.05, 4.69) is 16.0 Å². The van der Waals surface area contributed by atoms with Crippen LogP contribution >= 0.6 is 0 Å². The Kier molecular flexibility index (Phi) is 8.47. The lowest BCUT2D eigenvalue weighted by Gasteiger charge is -2.17. The number of carbonyl (C=O) groups excluding carboxylic acids is 3. The molecule has 9 nitrogen and oxygen atoms in total. The molecule has 2 aromatic rings. The van der Waals surface area contributed by atoms with Gasteiger partial charge in [0.1, 0.15) is 17.7 Å². The number of nitrogens with zero attached hydrogens (tertiary/aromatic N) is 1. The van der Waals surface area contributed by atoms with Crippen molar-refractivity contribution in [2.45, 2.75) is 38.9 Å². The fourth-order valence-corrected chi connectivity index (χ4v) is 2.74. The van der Waals surface area contributed by atoms with E-state index in [-0.39, 0.29) is 24.2 Å². The molecule has 2 atom stereocenters. The van der Waals surface area contributed by atoms with Crippen molar-refractivity contribution >= 4 is 23.4 Å². The molecule has 0 aliphatic heterocycles. The van der Waals surface area contributed by atoms with Crippen molar-refractivity contribution in [3.63, 3.8) is 0 Å². The fraction of sp³-hybridized carbons (Fsp3) is 0.286. The van der Waals surface area contributed by atoms with Crippen molar-refractivity contribution in [3.05, 3.63) is 75.3 Å². The van der Waals surface area contributed by atoms with Gasteiger partial charge in [0, 0.05) is 24.7 Å². The van der Waals surface area contributed by atoms with Crippen molar-refractivity contribution in [1.82, 2.24) is 16.0 Å². The molecule has 0 aromatic heterocycles. The number of nitro benzene ring substituents is 1. The van der Waals surface area contributed by atoms with Crippen LogP contribution in [0.4, 0.5) is 14.5 Å². The molecule has 170 valence electrons. The Bertz CT molecular complexity index is 1010. The lowest BCUT2D eigenvalue weighted by Crippen LogP contribution is -2.51. The van der Waals surface area contributed by atoms with Gasteiger partial charge < -0.3 is 10.6 Å². The van der Waals surface area contributed by atoms with Crippen molar-refractivity contribution < 1.29 is 28.1 Å². The lowest BCUT2D eigenvalue weighted by molar-refractivity contribution is -0.384. The van der Waals surface area contributed by atoms with Gasteiger partial charge >= 0.3 is 0 Å². The van der Waals surface area contributed by atoms with E-state index in [9.17, 15) is 33.3 Å². The molecule has 0 spiro atoms. The number of carbonyl (C=O) groups is 3. The minimum Gasteiger partial charge on any atom is -0.344 e. The van der Waals surface area contributed by atoms with Crippen molar-refractivity contribution in [2.24, 2.45) is 0 Å². The normalized spacial score (nSPS) is 12.5. The predicted molar refractivity (Wildman–Crippen MR) is 110 cm³/mol. The first-order valence-electron chi connectivity index (χ1n) is 9.61. The molecule has 11 heteroatoms. The molecule has 2 aromatic carbocycles. The van der Waals surface area contributed by atoms with Crippen molar-refractivity contribution in [1.29, 1.82) is 0 Å². The monoisotopic (exact) mass is 448 g/mol. The maximum absolute atomic E-state index is 13.2. The molecule has 32 heavy (non-hydrogen) atoms. The quantitative estimate of drug-likeness (QED) is 0.396.